The van der Waals surface area contributed by atoms with Crippen LogP contribution < -0.4 is 0 Å². The molecule has 3 nitrogen and oxygen atoms in total. The van der Waals surface area contributed by atoms with Crippen molar-refractivity contribution in [1.29, 1.82) is 0 Å². The first-order valence-electron chi connectivity index (χ1n) is 5.09. The minimum absolute atomic E-state index is 0.619. The van der Waals surface area contributed by atoms with E-state index >= 15 is 0 Å². The average Bonchev–Trinajstić information content (AvgIpc) is 2.28. The molecule has 0 bridgehead atoms. The lowest BCUT2D eigenvalue weighted by Crippen LogP contribution is -2.15. The monoisotopic (exact) mass is 212 g/mol. The number of fused-ring (bicyclic) bond motifs is 1. The number of hydrogen-bond donors (Lipinski definition) is 0. The number of rotatable bonds is 2. The zero-order valence-electron chi connectivity index (χ0n) is 9.27. The molecule has 16 heavy (non-hydrogen) atoms. The smallest absolute Gasteiger partial charge is 0.235 e. The van der Waals surface area contributed by atoms with Gasteiger partial charge in [0.1, 0.15) is 5.54 Å². The molecule has 0 saturated carbocycles. The van der Waals surface area contributed by atoms with Gasteiger partial charge in [0.15, 0.2) is 0 Å². The van der Waals surface area contributed by atoms with E-state index in [2.05, 4.69) is 9.98 Å². The first kappa shape index (κ1) is 10.5. The van der Waals surface area contributed by atoms with Gasteiger partial charge in [-0.25, -0.2) is 4.79 Å². The molecule has 0 aliphatic rings. The normalized spacial score (nSPS) is 11.1. The number of pyridine rings is 1. The number of isocyanates is 1. The van der Waals surface area contributed by atoms with Crippen LogP contribution in [0.15, 0.2) is 41.4 Å². The second-order valence-corrected chi connectivity index (χ2v) is 4.15. The zero-order chi connectivity index (χ0) is 11.6. The highest BCUT2D eigenvalue weighted by atomic mass is 16.1. The average molecular weight is 212 g/mol. The Bertz CT molecular complexity index is 569. The van der Waals surface area contributed by atoms with Gasteiger partial charge >= 0.3 is 0 Å². The second kappa shape index (κ2) is 3.87. The Hall–Kier alpha value is -1.99. The van der Waals surface area contributed by atoms with Gasteiger partial charge in [0.25, 0.3) is 0 Å². The van der Waals surface area contributed by atoms with Gasteiger partial charge in [-0.15, -0.1) is 0 Å². The molecule has 0 N–H and O–H groups in total. The Balaban J connectivity index is 2.59. The minimum Gasteiger partial charge on any atom is -0.250 e. The number of hydrogen-bond acceptors (Lipinski definition) is 3. The summed E-state index contributed by atoms with van der Waals surface area (Å²) in [6, 6.07) is 11.7. The van der Waals surface area contributed by atoms with Crippen molar-refractivity contribution in [3.8, 4) is 0 Å². The van der Waals surface area contributed by atoms with Crippen molar-refractivity contribution in [2.24, 2.45) is 4.99 Å². The number of para-hydroxylation sites is 1. The van der Waals surface area contributed by atoms with E-state index < -0.39 is 5.54 Å². The summed E-state index contributed by atoms with van der Waals surface area (Å²) in [5, 5.41) is 1.08. The molecule has 0 amide bonds. The van der Waals surface area contributed by atoms with E-state index in [0.717, 1.165) is 16.6 Å². The number of benzene rings is 1. The Kier molecular flexibility index (Phi) is 2.55. The number of carbonyl (C=O) groups excluding carboxylic acids is 1. The van der Waals surface area contributed by atoms with E-state index in [0.29, 0.717) is 0 Å². The molecule has 1 aromatic carbocycles. The Labute approximate surface area is 93.8 Å². The van der Waals surface area contributed by atoms with E-state index in [1.165, 1.54) is 0 Å². The second-order valence-electron chi connectivity index (χ2n) is 4.15. The van der Waals surface area contributed by atoms with E-state index in [4.69, 9.17) is 0 Å². The van der Waals surface area contributed by atoms with Gasteiger partial charge in [-0.2, -0.15) is 4.99 Å². The van der Waals surface area contributed by atoms with Crippen LogP contribution in [0.3, 0.4) is 0 Å². The molecular formula is C13H12N2O. The molecule has 80 valence electrons. The van der Waals surface area contributed by atoms with Crippen molar-refractivity contribution < 1.29 is 4.79 Å². The summed E-state index contributed by atoms with van der Waals surface area (Å²) in [6.45, 7) is 3.68. The molecule has 0 fully saturated rings. The van der Waals surface area contributed by atoms with Crippen LogP contribution in [-0.4, -0.2) is 11.1 Å². The fraction of sp³-hybridized carbons (Fsp3) is 0.231. The predicted molar refractivity (Wildman–Crippen MR) is 62.9 cm³/mol. The predicted octanol–water partition coefficient (Wildman–Crippen LogP) is 2.81. The molecule has 2 aromatic rings. The van der Waals surface area contributed by atoms with E-state index in [-0.39, 0.29) is 0 Å². The van der Waals surface area contributed by atoms with E-state index in [1.54, 1.807) is 6.08 Å². The Morgan fingerprint density at radius 1 is 1.19 bits per heavy atom. The lowest BCUT2D eigenvalue weighted by Gasteiger charge is -2.16. The quantitative estimate of drug-likeness (QED) is 0.567. The summed E-state index contributed by atoms with van der Waals surface area (Å²) in [7, 11) is 0. The van der Waals surface area contributed by atoms with Gasteiger partial charge in [0.05, 0.1) is 11.2 Å². The maximum absolute atomic E-state index is 10.3. The van der Waals surface area contributed by atoms with Crippen LogP contribution in [0.2, 0.25) is 0 Å². The van der Waals surface area contributed by atoms with Gasteiger partial charge in [-0.05, 0) is 26.0 Å². The van der Waals surface area contributed by atoms with Crippen LogP contribution in [0, 0.1) is 0 Å². The van der Waals surface area contributed by atoms with E-state index in [1.807, 2.05) is 50.2 Å². The van der Waals surface area contributed by atoms with Gasteiger partial charge in [0.2, 0.25) is 6.08 Å². The summed E-state index contributed by atoms with van der Waals surface area (Å²) in [6.07, 6.45) is 1.59. The van der Waals surface area contributed by atoms with Gasteiger partial charge in [0, 0.05) is 5.39 Å². The molecule has 0 unspecified atom stereocenters. The zero-order valence-corrected chi connectivity index (χ0v) is 9.27. The summed E-state index contributed by atoms with van der Waals surface area (Å²) in [4.78, 5) is 18.6. The fourth-order valence-corrected chi connectivity index (χ4v) is 1.58. The highest BCUT2D eigenvalue weighted by Gasteiger charge is 2.21. The lowest BCUT2D eigenvalue weighted by atomic mass is 10.0. The van der Waals surface area contributed by atoms with Gasteiger partial charge in [-0.1, -0.05) is 24.3 Å². The Morgan fingerprint density at radius 3 is 2.69 bits per heavy atom. The summed E-state index contributed by atoms with van der Waals surface area (Å²) >= 11 is 0. The third-order valence-electron chi connectivity index (χ3n) is 2.55. The maximum Gasteiger partial charge on any atom is 0.235 e. The molecule has 0 atom stereocenters. The first-order valence-corrected chi connectivity index (χ1v) is 5.09. The van der Waals surface area contributed by atoms with Crippen molar-refractivity contribution in [3.05, 3.63) is 42.1 Å². The van der Waals surface area contributed by atoms with Crippen molar-refractivity contribution >= 4 is 17.0 Å². The lowest BCUT2D eigenvalue weighted by molar-refractivity contribution is 0.514. The molecule has 1 heterocycles. The highest BCUT2D eigenvalue weighted by molar-refractivity contribution is 5.78. The molecule has 0 radical (unpaired) electrons. The SMILES string of the molecule is CC(C)(N=C=O)c1ccc2ccccc2n1. The molecule has 0 spiro atoms. The maximum atomic E-state index is 10.3. The van der Waals surface area contributed by atoms with Gasteiger partial charge < -0.3 is 0 Å². The number of nitrogens with zero attached hydrogens (tertiary/aromatic N) is 2. The molecule has 0 saturated heterocycles. The third kappa shape index (κ3) is 1.86. The third-order valence-corrected chi connectivity index (χ3v) is 2.55. The largest absolute Gasteiger partial charge is 0.250 e. The molecule has 0 aliphatic heterocycles. The van der Waals surface area contributed by atoms with Crippen molar-refractivity contribution in [1.82, 2.24) is 4.98 Å². The van der Waals surface area contributed by atoms with Crippen molar-refractivity contribution in [3.63, 3.8) is 0 Å². The van der Waals surface area contributed by atoms with Crippen LogP contribution in [0.5, 0.6) is 0 Å². The highest BCUT2D eigenvalue weighted by Crippen LogP contribution is 2.24. The summed E-state index contributed by atoms with van der Waals surface area (Å²) in [5.74, 6) is 0. The van der Waals surface area contributed by atoms with Crippen LogP contribution in [0.25, 0.3) is 10.9 Å². The van der Waals surface area contributed by atoms with Crippen molar-refractivity contribution in [2.45, 2.75) is 19.4 Å². The van der Waals surface area contributed by atoms with Crippen LogP contribution in [0.4, 0.5) is 0 Å². The van der Waals surface area contributed by atoms with Gasteiger partial charge in [-0.3, -0.25) is 4.98 Å². The summed E-state index contributed by atoms with van der Waals surface area (Å²) < 4.78 is 0. The molecule has 0 aliphatic carbocycles. The summed E-state index contributed by atoms with van der Waals surface area (Å²) in [5.41, 5.74) is 1.06. The fourth-order valence-electron chi connectivity index (χ4n) is 1.58. The van der Waals surface area contributed by atoms with Crippen LogP contribution >= 0.6 is 0 Å². The molecule has 3 heteroatoms. The van der Waals surface area contributed by atoms with E-state index in [9.17, 15) is 4.79 Å². The molecule has 1 aromatic heterocycles. The van der Waals surface area contributed by atoms with Crippen molar-refractivity contribution in [2.75, 3.05) is 0 Å². The number of aliphatic imine (C=N–C) groups is 1. The first-order chi connectivity index (χ1) is 7.63. The number of aromatic nitrogens is 1. The van der Waals surface area contributed by atoms with Crippen LogP contribution in [0.1, 0.15) is 19.5 Å². The molecular weight excluding hydrogens is 200 g/mol. The van der Waals surface area contributed by atoms with Crippen LogP contribution in [-0.2, 0) is 10.3 Å². The Morgan fingerprint density at radius 2 is 1.94 bits per heavy atom. The molecule has 2 rings (SSSR count). The topological polar surface area (TPSA) is 42.3 Å². The minimum atomic E-state index is -0.619. The standard InChI is InChI=1S/C13H12N2O/c1-13(2,14-9-16)12-8-7-10-5-3-4-6-11(10)15-12/h3-8H,1-2H3.